The molecular formula is C15H20INO4S. The smallest absolute Gasteiger partial charge is 0.411 e. The van der Waals surface area contributed by atoms with E-state index < -0.39 is 6.09 Å². The Morgan fingerprint density at radius 3 is 2.36 bits per heavy atom. The van der Waals surface area contributed by atoms with Crippen molar-refractivity contribution < 1.29 is 19.1 Å². The van der Waals surface area contributed by atoms with Crippen molar-refractivity contribution in [1.29, 1.82) is 0 Å². The summed E-state index contributed by atoms with van der Waals surface area (Å²) in [6.45, 7) is 6.16. The molecular weight excluding hydrogens is 417 g/mol. The Labute approximate surface area is 147 Å². The fraction of sp³-hybridized carbons (Fsp3) is 0.467. The second-order valence-electron chi connectivity index (χ2n) is 5.07. The summed E-state index contributed by atoms with van der Waals surface area (Å²) in [6, 6.07) is 7.06. The summed E-state index contributed by atoms with van der Waals surface area (Å²) in [7, 11) is 1.66. The number of benzene rings is 1. The summed E-state index contributed by atoms with van der Waals surface area (Å²) < 4.78 is 10.1. The van der Waals surface area contributed by atoms with Gasteiger partial charge in [-0.25, -0.2) is 4.79 Å². The van der Waals surface area contributed by atoms with Gasteiger partial charge in [-0.2, -0.15) is 0 Å². The highest BCUT2D eigenvalue weighted by Gasteiger charge is 2.15. The van der Waals surface area contributed by atoms with Crippen LogP contribution in [0.25, 0.3) is 0 Å². The summed E-state index contributed by atoms with van der Waals surface area (Å²) in [5.74, 6) is 0.119. The molecule has 0 saturated heterocycles. The molecule has 0 aliphatic rings. The third-order valence-corrected chi connectivity index (χ3v) is 5.75. The molecule has 0 fully saturated rings. The van der Waals surface area contributed by atoms with Crippen molar-refractivity contribution in [2.75, 3.05) is 11.9 Å². The van der Waals surface area contributed by atoms with Gasteiger partial charge < -0.3 is 9.47 Å². The molecule has 0 spiro atoms. The molecule has 0 saturated carbocycles. The number of hydrogen-bond donors (Lipinski definition) is 1. The van der Waals surface area contributed by atoms with Crippen LogP contribution in [0.3, 0.4) is 0 Å². The van der Waals surface area contributed by atoms with Crippen molar-refractivity contribution in [2.45, 2.75) is 32.6 Å². The van der Waals surface area contributed by atoms with E-state index in [0.29, 0.717) is 18.2 Å². The van der Waals surface area contributed by atoms with Crippen LogP contribution < -0.4 is 5.32 Å². The molecule has 122 valence electrons. The molecule has 5 nitrogen and oxygen atoms in total. The van der Waals surface area contributed by atoms with Gasteiger partial charge in [-0.1, -0.05) is 34.9 Å². The number of nitrogens with one attached hydrogen (secondary N) is 1. The number of hydrogen-bond acceptors (Lipinski definition) is 5. The van der Waals surface area contributed by atoms with E-state index in [1.807, 2.05) is 0 Å². The van der Waals surface area contributed by atoms with Crippen molar-refractivity contribution >= 4 is 47.9 Å². The van der Waals surface area contributed by atoms with E-state index in [0.717, 1.165) is 5.56 Å². The van der Waals surface area contributed by atoms with E-state index in [4.69, 9.17) is 9.47 Å². The molecule has 7 heteroatoms. The van der Waals surface area contributed by atoms with Crippen molar-refractivity contribution in [2.24, 2.45) is 5.92 Å². The minimum Gasteiger partial charge on any atom is -0.461 e. The lowest BCUT2D eigenvalue weighted by Gasteiger charge is -2.17. The number of esters is 1. The highest BCUT2D eigenvalue weighted by atomic mass is 127. The maximum Gasteiger partial charge on any atom is 0.411 e. The van der Waals surface area contributed by atoms with Gasteiger partial charge in [0.05, 0.1) is 5.25 Å². The molecule has 1 aromatic rings. The largest absolute Gasteiger partial charge is 0.461 e. The summed E-state index contributed by atoms with van der Waals surface area (Å²) >= 11 is 2.22. The highest BCUT2D eigenvalue weighted by Crippen LogP contribution is 2.26. The zero-order valence-electron chi connectivity index (χ0n) is 12.8. The Balaban J connectivity index is 2.42. The van der Waals surface area contributed by atoms with Crippen LogP contribution in [0.1, 0.15) is 26.3 Å². The van der Waals surface area contributed by atoms with Crippen molar-refractivity contribution in [1.82, 2.24) is 0 Å². The summed E-state index contributed by atoms with van der Waals surface area (Å²) in [5.41, 5.74) is 1.50. The summed E-state index contributed by atoms with van der Waals surface area (Å²) in [5, 5.41) is 2.95. The molecule has 1 N–H and O–H groups in total. The van der Waals surface area contributed by atoms with Crippen molar-refractivity contribution in [3.05, 3.63) is 29.8 Å². The quantitative estimate of drug-likeness (QED) is 0.506. The maximum atomic E-state index is 11.7. The summed E-state index contributed by atoms with van der Waals surface area (Å²) in [4.78, 5) is 22.5. The van der Waals surface area contributed by atoms with Crippen molar-refractivity contribution in [3.8, 4) is 0 Å². The minimum atomic E-state index is -0.469. The Morgan fingerprint density at radius 1 is 1.23 bits per heavy atom. The topological polar surface area (TPSA) is 64.6 Å². The molecule has 1 rings (SSSR count). The SMILES string of the molecule is CC(=O)OCc1ccc(NC(=O)OCC(SI)C(C)C)cc1. The Hall–Kier alpha value is -0.960. The number of carbonyl (C=O) groups is 2. The Morgan fingerprint density at radius 2 is 1.86 bits per heavy atom. The third kappa shape index (κ3) is 7.35. The molecule has 1 aromatic carbocycles. The van der Waals surface area contributed by atoms with Gasteiger partial charge in [-0.05, 0) is 44.8 Å². The van der Waals surface area contributed by atoms with E-state index >= 15 is 0 Å². The van der Waals surface area contributed by atoms with Crippen LogP contribution in [0.4, 0.5) is 10.5 Å². The third-order valence-electron chi connectivity index (χ3n) is 2.88. The zero-order valence-corrected chi connectivity index (χ0v) is 15.8. The van der Waals surface area contributed by atoms with Crippen LogP contribution in [0.15, 0.2) is 24.3 Å². The monoisotopic (exact) mass is 437 g/mol. The number of anilines is 1. The lowest BCUT2D eigenvalue weighted by molar-refractivity contribution is -0.142. The second-order valence-corrected chi connectivity index (χ2v) is 7.38. The van der Waals surface area contributed by atoms with Crippen LogP contribution in [0.5, 0.6) is 0 Å². The second kappa shape index (κ2) is 9.94. The summed E-state index contributed by atoms with van der Waals surface area (Å²) in [6.07, 6.45) is -0.469. The molecule has 1 unspecified atom stereocenters. The average Bonchev–Trinajstić information content (AvgIpc) is 2.46. The molecule has 0 aliphatic heterocycles. The molecule has 0 heterocycles. The predicted octanol–water partition coefficient (Wildman–Crippen LogP) is 4.41. The number of halogens is 1. The van der Waals surface area contributed by atoms with Gasteiger partial charge in [0.1, 0.15) is 13.2 Å². The van der Waals surface area contributed by atoms with Crippen LogP contribution in [-0.2, 0) is 20.9 Å². The fourth-order valence-corrected chi connectivity index (χ4v) is 4.03. The van der Waals surface area contributed by atoms with E-state index in [-0.39, 0.29) is 17.8 Å². The van der Waals surface area contributed by atoms with E-state index in [9.17, 15) is 9.59 Å². The van der Waals surface area contributed by atoms with Gasteiger partial charge in [0.25, 0.3) is 0 Å². The Kier molecular flexibility index (Phi) is 8.62. The van der Waals surface area contributed by atoms with Gasteiger partial charge in [-0.15, -0.1) is 0 Å². The van der Waals surface area contributed by atoms with E-state index in [2.05, 4.69) is 40.4 Å². The van der Waals surface area contributed by atoms with Gasteiger partial charge >= 0.3 is 12.1 Å². The molecule has 0 bridgehead atoms. The number of amides is 1. The van der Waals surface area contributed by atoms with Gasteiger partial charge in [0, 0.05) is 12.6 Å². The van der Waals surface area contributed by atoms with Gasteiger partial charge in [-0.3, -0.25) is 10.1 Å². The first-order valence-electron chi connectivity index (χ1n) is 6.86. The van der Waals surface area contributed by atoms with Crippen molar-refractivity contribution in [3.63, 3.8) is 0 Å². The first-order valence-corrected chi connectivity index (χ1v) is 10.3. The van der Waals surface area contributed by atoms with Gasteiger partial charge in [0.15, 0.2) is 0 Å². The molecule has 1 atom stereocenters. The molecule has 22 heavy (non-hydrogen) atoms. The predicted molar refractivity (Wildman–Crippen MR) is 97.1 cm³/mol. The van der Waals surface area contributed by atoms with E-state index in [1.165, 1.54) is 6.92 Å². The van der Waals surface area contributed by atoms with Crippen LogP contribution in [0.2, 0.25) is 0 Å². The molecule has 0 aliphatic carbocycles. The first kappa shape index (κ1) is 19.1. The van der Waals surface area contributed by atoms with Crippen LogP contribution in [0, 0.1) is 5.92 Å². The Bertz CT molecular complexity index is 493. The lowest BCUT2D eigenvalue weighted by atomic mass is 10.1. The number of rotatable bonds is 7. The standard InChI is InChI=1S/C15H20INO4S/c1-10(2)14(22-16)9-21-15(19)17-13-6-4-12(5-7-13)8-20-11(3)18/h4-7,10,14H,8-9H2,1-3H3,(H,17,19). The zero-order chi connectivity index (χ0) is 16.5. The minimum absolute atomic E-state index is 0.225. The fourth-order valence-electron chi connectivity index (χ4n) is 1.50. The maximum absolute atomic E-state index is 11.7. The van der Waals surface area contributed by atoms with Crippen LogP contribution >= 0.6 is 30.1 Å². The number of carbonyl (C=O) groups excluding carboxylic acids is 2. The normalized spacial score (nSPS) is 11.9. The first-order chi connectivity index (χ1) is 10.4. The molecule has 0 radical (unpaired) electrons. The lowest BCUT2D eigenvalue weighted by Crippen LogP contribution is -2.22. The molecule has 1 amide bonds. The van der Waals surface area contributed by atoms with Crippen LogP contribution in [-0.4, -0.2) is 23.9 Å². The average molecular weight is 437 g/mol. The van der Waals surface area contributed by atoms with E-state index in [1.54, 1.807) is 33.2 Å². The number of ether oxygens (including phenoxy) is 2. The molecule has 0 aromatic heterocycles. The van der Waals surface area contributed by atoms with Gasteiger partial charge in [0.2, 0.25) is 0 Å². The highest BCUT2D eigenvalue weighted by molar-refractivity contribution is 14.2.